The highest BCUT2D eigenvalue weighted by atomic mass is 19.1. The van der Waals surface area contributed by atoms with E-state index in [0.717, 1.165) is 30.7 Å². The smallest absolute Gasteiger partial charge is 0.123 e. The van der Waals surface area contributed by atoms with Crippen LogP contribution in [0.25, 0.3) is 0 Å². The molecule has 98 valence electrons. The third-order valence-corrected chi connectivity index (χ3v) is 5.11. The van der Waals surface area contributed by atoms with E-state index in [1.54, 1.807) is 12.1 Å². The van der Waals surface area contributed by atoms with E-state index in [2.05, 4.69) is 0 Å². The highest BCUT2D eigenvalue weighted by Gasteiger charge is 2.42. The molecule has 2 fully saturated rings. The molecule has 1 aromatic rings. The van der Waals surface area contributed by atoms with Gasteiger partial charge in [0, 0.05) is 0 Å². The highest BCUT2D eigenvalue weighted by Crippen LogP contribution is 2.51. The molecule has 2 heteroatoms. The van der Waals surface area contributed by atoms with Gasteiger partial charge in [0.05, 0.1) is 0 Å². The predicted molar refractivity (Wildman–Crippen MR) is 71.6 cm³/mol. The first-order valence-electron chi connectivity index (χ1n) is 7.20. The molecule has 0 aromatic heterocycles. The van der Waals surface area contributed by atoms with Crippen LogP contribution in [0.15, 0.2) is 24.3 Å². The minimum atomic E-state index is -0.150. The van der Waals surface area contributed by atoms with E-state index in [4.69, 9.17) is 5.73 Å². The van der Waals surface area contributed by atoms with Gasteiger partial charge in [0.25, 0.3) is 0 Å². The van der Waals surface area contributed by atoms with Crippen molar-refractivity contribution < 1.29 is 4.39 Å². The molecule has 18 heavy (non-hydrogen) atoms. The summed E-state index contributed by atoms with van der Waals surface area (Å²) in [5.41, 5.74) is 7.22. The zero-order valence-corrected chi connectivity index (χ0v) is 10.8. The molecule has 1 aromatic carbocycles. The quantitative estimate of drug-likeness (QED) is 0.867. The second kappa shape index (κ2) is 5.00. The molecule has 2 bridgehead atoms. The standard InChI is InChI=1S/C16H22FN/c17-15-5-2-11(3-6-15)7-14(10-18)16-9-12-1-4-13(16)8-12/h2-3,5-6,12-14,16H,1,4,7-10,18H2. The van der Waals surface area contributed by atoms with Gasteiger partial charge in [0.1, 0.15) is 5.82 Å². The molecule has 0 amide bonds. The van der Waals surface area contributed by atoms with Crippen molar-refractivity contribution in [2.45, 2.75) is 32.1 Å². The van der Waals surface area contributed by atoms with Gasteiger partial charge in [-0.3, -0.25) is 0 Å². The lowest BCUT2D eigenvalue weighted by Gasteiger charge is -2.29. The van der Waals surface area contributed by atoms with E-state index < -0.39 is 0 Å². The van der Waals surface area contributed by atoms with Crippen LogP contribution in [0.3, 0.4) is 0 Å². The molecule has 2 aliphatic rings. The van der Waals surface area contributed by atoms with Crippen LogP contribution in [0.4, 0.5) is 4.39 Å². The summed E-state index contributed by atoms with van der Waals surface area (Å²) in [5.74, 6) is 3.15. The average Bonchev–Trinajstić information content (AvgIpc) is 3.00. The van der Waals surface area contributed by atoms with Gasteiger partial charge in [-0.2, -0.15) is 0 Å². The Morgan fingerprint density at radius 1 is 1.17 bits per heavy atom. The molecule has 0 saturated heterocycles. The molecule has 2 saturated carbocycles. The number of nitrogens with two attached hydrogens (primary N) is 1. The Balaban J connectivity index is 1.67. The Kier molecular flexibility index (Phi) is 3.38. The summed E-state index contributed by atoms with van der Waals surface area (Å²) in [5, 5.41) is 0. The topological polar surface area (TPSA) is 26.0 Å². The molecule has 0 spiro atoms. The van der Waals surface area contributed by atoms with Crippen LogP contribution in [0.5, 0.6) is 0 Å². The summed E-state index contributed by atoms with van der Waals surface area (Å²) < 4.78 is 12.9. The van der Waals surface area contributed by atoms with Gasteiger partial charge in [0.2, 0.25) is 0 Å². The Morgan fingerprint density at radius 2 is 1.94 bits per heavy atom. The van der Waals surface area contributed by atoms with Gasteiger partial charge < -0.3 is 5.73 Å². The summed E-state index contributed by atoms with van der Waals surface area (Å²) in [7, 11) is 0. The van der Waals surface area contributed by atoms with E-state index in [1.165, 1.54) is 31.2 Å². The number of fused-ring (bicyclic) bond motifs is 2. The van der Waals surface area contributed by atoms with Crippen LogP contribution in [0.2, 0.25) is 0 Å². The third kappa shape index (κ3) is 2.31. The van der Waals surface area contributed by atoms with Crippen LogP contribution in [-0.4, -0.2) is 6.54 Å². The molecule has 0 aliphatic heterocycles. The number of rotatable bonds is 4. The fourth-order valence-corrected chi connectivity index (χ4v) is 4.20. The van der Waals surface area contributed by atoms with Crippen molar-refractivity contribution in [1.29, 1.82) is 0 Å². The Morgan fingerprint density at radius 3 is 2.50 bits per heavy atom. The van der Waals surface area contributed by atoms with Crippen LogP contribution >= 0.6 is 0 Å². The van der Waals surface area contributed by atoms with Crippen LogP contribution < -0.4 is 5.73 Å². The van der Waals surface area contributed by atoms with Gasteiger partial charge >= 0.3 is 0 Å². The summed E-state index contributed by atoms with van der Waals surface area (Å²) in [6.07, 6.45) is 6.69. The molecule has 1 nitrogen and oxygen atoms in total. The molecule has 2 N–H and O–H groups in total. The first-order valence-corrected chi connectivity index (χ1v) is 7.20. The van der Waals surface area contributed by atoms with Crippen molar-refractivity contribution >= 4 is 0 Å². The monoisotopic (exact) mass is 247 g/mol. The molecular formula is C16H22FN. The van der Waals surface area contributed by atoms with Crippen LogP contribution in [0.1, 0.15) is 31.2 Å². The minimum absolute atomic E-state index is 0.150. The molecule has 0 radical (unpaired) electrons. The molecule has 3 rings (SSSR count). The summed E-state index contributed by atoms with van der Waals surface area (Å²) >= 11 is 0. The van der Waals surface area contributed by atoms with Crippen molar-refractivity contribution in [2.75, 3.05) is 6.54 Å². The first kappa shape index (κ1) is 12.2. The second-order valence-electron chi connectivity index (χ2n) is 6.17. The van der Waals surface area contributed by atoms with Gasteiger partial charge in [-0.1, -0.05) is 18.6 Å². The van der Waals surface area contributed by atoms with E-state index in [9.17, 15) is 4.39 Å². The maximum absolute atomic E-state index is 12.9. The molecule has 4 atom stereocenters. The average molecular weight is 247 g/mol. The van der Waals surface area contributed by atoms with Crippen molar-refractivity contribution in [2.24, 2.45) is 29.4 Å². The van der Waals surface area contributed by atoms with Gasteiger partial charge in [-0.05, 0) is 73.6 Å². The van der Waals surface area contributed by atoms with Crippen molar-refractivity contribution in [3.63, 3.8) is 0 Å². The van der Waals surface area contributed by atoms with E-state index in [0.29, 0.717) is 5.92 Å². The maximum Gasteiger partial charge on any atom is 0.123 e. The lowest BCUT2D eigenvalue weighted by Crippen LogP contribution is -2.29. The number of halogens is 1. The Bertz CT molecular complexity index is 400. The normalized spacial score (nSPS) is 31.8. The van der Waals surface area contributed by atoms with Crippen molar-refractivity contribution in [3.8, 4) is 0 Å². The van der Waals surface area contributed by atoms with E-state index >= 15 is 0 Å². The maximum atomic E-state index is 12.9. The summed E-state index contributed by atoms with van der Waals surface area (Å²) in [4.78, 5) is 0. The first-order chi connectivity index (χ1) is 8.76. The molecule has 2 aliphatic carbocycles. The molecule has 4 unspecified atom stereocenters. The van der Waals surface area contributed by atoms with E-state index in [-0.39, 0.29) is 5.82 Å². The van der Waals surface area contributed by atoms with Gasteiger partial charge in [-0.15, -0.1) is 0 Å². The number of benzene rings is 1. The fourth-order valence-electron chi connectivity index (χ4n) is 4.20. The SMILES string of the molecule is NCC(Cc1ccc(F)cc1)C1CC2CCC1C2. The summed E-state index contributed by atoms with van der Waals surface area (Å²) in [6, 6.07) is 6.93. The van der Waals surface area contributed by atoms with Gasteiger partial charge in [-0.25, -0.2) is 4.39 Å². The zero-order valence-electron chi connectivity index (χ0n) is 10.8. The Labute approximate surface area is 109 Å². The summed E-state index contributed by atoms with van der Waals surface area (Å²) in [6.45, 7) is 0.769. The Hall–Kier alpha value is -0.890. The van der Waals surface area contributed by atoms with Crippen LogP contribution in [-0.2, 0) is 6.42 Å². The predicted octanol–water partition coefficient (Wildman–Crippen LogP) is 3.38. The van der Waals surface area contributed by atoms with E-state index in [1.807, 2.05) is 12.1 Å². The lowest BCUT2D eigenvalue weighted by molar-refractivity contribution is 0.230. The van der Waals surface area contributed by atoms with Crippen molar-refractivity contribution in [3.05, 3.63) is 35.6 Å². The highest BCUT2D eigenvalue weighted by molar-refractivity contribution is 5.17. The number of hydrogen-bond acceptors (Lipinski definition) is 1. The molecular weight excluding hydrogens is 225 g/mol. The zero-order chi connectivity index (χ0) is 12.5. The largest absolute Gasteiger partial charge is 0.330 e. The third-order valence-electron chi connectivity index (χ3n) is 5.11. The minimum Gasteiger partial charge on any atom is -0.330 e. The van der Waals surface area contributed by atoms with Gasteiger partial charge in [0.15, 0.2) is 0 Å². The fraction of sp³-hybridized carbons (Fsp3) is 0.625. The van der Waals surface area contributed by atoms with Crippen molar-refractivity contribution in [1.82, 2.24) is 0 Å². The molecule has 0 heterocycles. The second-order valence-corrected chi connectivity index (χ2v) is 6.17. The number of hydrogen-bond donors (Lipinski definition) is 1. The lowest BCUT2D eigenvalue weighted by atomic mass is 9.77. The van der Waals surface area contributed by atoms with Crippen LogP contribution in [0, 0.1) is 29.5 Å².